The van der Waals surface area contributed by atoms with Crippen LogP contribution in [0.25, 0.3) is 22.6 Å². The van der Waals surface area contributed by atoms with Crippen LogP contribution in [0.1, 0.15) is 48.6 Å². The van der Waals surface area contributed by atoms with E-state index in [1.54, 1.807) is 12.1 Å². The van der Waals surface area contributed by atoms with Crippen molar-refractivity contribution in [2.75, 3.05) is 0 Å². The van der Waals surface area contributed by atoms with Crippen LogP contribution in [0.2, 0.25) is 0 Å². The normalized spacial score (nSPS) is 11.6. The van der Waals surface area contributed by atoms with Gasteiger partial charge in [-0.15, -0.1) is 0 Å². The Morgan fingerprint density at radius 2 is 1.38 bits per heavy atom. The average molecular weight is 620 g/mol. The Hall–Kier alpha value is -4.50. The molecule has 5 aromatic rings. The van der Waals surface area contributed by atoms with Crippen LogP contribution in [-0.4, -0.2) is 21.1 Å². The molecule has 234 valence electrons. The van der Waals surface area contributed by atoms with E-state index in [1.807, 2.05) is 60.7 Å². The fraction of sp³-hybridized carbons (Fsp3) is 0.250. The molecule has 0 aliphatic rings. The second kappa shape index (κ2) is 15.0. The van der Waals surface area contributed by atoms with Crippen molar-refractivity contribution in [2.45, 2.75) is 59.0 Å². The van der Waals surface area contributed by atoms with Gasteiger partial charge in [-0.3, -0.25) is 4.90 Å². The molecule has 4 nitrogen and oxygen atoms in total. The van der Waals surface area contributed by atoms with Crippen LogP contribution < -0.4 is 4.74 Å². The maximum absolute atomic E-state index is 14.6. The Kier molecular flexibility index (Phi) is 10.6. The monoisotopic (exact) mass is 619 g/mol. The molecule has 0 N–H and O–H groups in total. The number of unbranched alkanes of at least 4 members (excludes halogenated alkanes) is 1. The van der Waals surface area contributed by atoms with Crippen LogP contribution in [0.3, 0.4) is 0 Å². The second-order valence-electron chi connectivity index (χ2n) is 10.8. The van der Waals surface area contributed by atoms with E-state index >= 15 is 0 Å². The van der Waals surface area contributed by atoms with Gasteiger partial charge in [0.25, 0.3) is 6.43 Å². The maximum atomic E-state index is 14.6. The molecule has 0 aliphatic heterocycles. The van der Waals surface area contributed by atoms with Crippen molar-refractivity contribution in [2.24, 2.45) is 0 Å². The van der Waals surface area contributed by atoms with Gasteiger partial charge in [-0.1, -0.05) is 98.3 Å². The first-order chi connectivity index (χ1) is 21.8. The predicted molar refractivity (Wildman–Crippen MR) is 165 cm³/mol. The number of nitrogens with zero attached hydrogens (tertiary/aromatic N) is 3. The van der Waals surface area contributed by atoms with Gasteiger partial charge in [0.05, 0.1) is 17.0 Å². The van der Waals surface area contributed by atoms with Crippen LogP contribution in [0.5, 0.6) is 5.75 Å². The Morgan fingerprint density at radius 1 is 0.756 bits per heavy atom. The lowest BCUT2D eigenvalue weighted by Crippen LogP contribution is -2.25. The number of hydrogen-bond donors (Lipinski definition) is 0. The van der Waals surface area contributed by atoms with E-state index in [4.69, 9.17) is 4.98 Å². The van der Waals surface area contributed by atoms with Crippen molar-refractivity contribution in [1.82, 2.24) is 14.5 Å². The van der Waals surface area contributed by atoms with E-state index < -0.39 is 24.4 Å². The smallest absolute Gasteiger partial charge is 0.387 e. The summed E-state index contributed by atoms with van der Waals surface area (Å²) in [6, 6.07) is 30.0. The fourth-order valence-corrected chi connectivity index (χ4v) is 5.36. The molecule has 0 bridgehead atoms. The minimum atomic E-state index is -2.93. The van der Waals surface area contributed by atoms with Gasteiger partial charge >= 0.3 is 6.61 Å². The van der Waals surface area contributed by atoms with Gasteiger partial charge in [0.2, 0.25) is 0 Å². The number of imidazole rings is 1. The Bertz CT molecular complexity index is 1660. The van der Waals surface area contributed by atoms with E-state index in [0.29, 0.717) is 18.7 Å². The van der Waals surface area contributed by atoms with Crippen LogP contribution in [0.15, 0.2) is 103 Å². The molecule has 1 aromatic heterocycles. The van der Waals surface area contributed by atoms with Crippen LogP contribution >= 0.6 is 0 Å². The zero-order valence-corrected chi connectivity index (χ0v) is 24.9. The molecule has 0 amide bonds. The van der Waals surface area contributed by atoms with Crippen molar-refractivity contribution in [3.8, 4) is 28.4 Å². The molecule has 5 rings (SSSR count). The van der Waals surface area contributed by atoms with Crippen molar-refractivity contribution in [1.29, 1.82) is 0 Å². The van der Waals surface area contributed by atoms with Crippen molar-refractivity contribution < 1.29 is 26.7 Å². The van der Waals surface area contributed by atoms with E-state index in [9.17, 15) is 22.0 Å². The third kappa shape index (κ3) is 8.16. The second-order valence-corrected chi connectivity index (χ2v) is 10.8. The highest BCUT2D eigenvalue weighted by molar-refractivity contribution is 5.68. The van der Waals surface area contributed by atoms with Crippen LogP contribution in [0.4, 0.5) is 22.0 Å². The number of rotatable bonds is 14. The molecular weight excluding hydrogens is 585 g/mol. The topological polar surface area (TPSA) is 30.3 Å². The summed E-state index contributed by atoms with van der Waals surface area (Å²) in [6.07, 6.45) is -1.02. The molecule has 0 unspecified atom stereocenters. The first-order valence-electron chi connectivity index (χ1n) is 14.8. The third-order valence-electron chi connectivity index (χ3n) is 7.52. The van der Waals surface area contributed by atoms with E-state index in [0.717, 1.165) is 65.4 Å². The number of aromatic nitrogens is 2. The first-order valence-corrected chi connectivity index (χ1v) is 14.8. The SMILES string of the molecule is CCCCn1c(-c2ccccc2)nc(-c2ccccc2)c1CN(Cc1ccc(OC(F)F)cc1)Cc1ccc(C(F)F)c(F)c1. The van der Waals surface area contributed by atoms with Crippen molar-refractivity contribution in [3.63, 3.8) is 0 Å². The maximum Gasteiger partial charge on any atom is 0.387 e. The summed E-state index contributed by atoms with van der Waals surface area (Å²) in [5.41, 5.74) is 4.38. The Morgan fingerprint density at radius 3 is 1.98 bits per heavy atom. The predicted octanol–water partition coefficient (Wildman–Crippen LogP) is 9.90. The summed E-state index contributed by atoms with van der Waals surface area (Å²) in [4.78, 5) is 7.23. The van der Waals surface area contributed by atoms with Crippen LogP contribution in [-0.2, 0) is 26.2 Å². The molecule has 0 spiro atoms. The molecule has 0 saturated carbocycles. The lowest BCUT2D eigenvalue weighted by atomic mass is 10.1. The van der Waals surface area contributed by atoms with Crippen LogP contribution in [0, 0.1) is 5.82 Å². The molecule has 0 radical (unpaired) electrons. The molecule has 0 atom stereocenters. The third-order valence-corrected chi connectivity index (χ3v) is 7.52. The van der Waals surface area contributed by atoms with E-state index in [-0.39, 0.29) is 12.3 Å². The quantitative estimate of drug-likeness (QED) is 0.116. The first kappa shape index (κ1) is 31.9. The van der Waals surface area contributed by atoms with Gasteiger partial charge < -0.3 is 9.30 Å². The zero-order chi connectivity index (χ0) is 31.8. The lowest BCUT2D eigenvalue weighted by molar-refractivity contribution is -0.0498. The summed E-state index contributed by atoms with van der Waals surface area (Å²) in [5, 5.41) is 0. The van der Waals surface area contributed by atoms with Gasteiger partial charge in [-0.2, -0.15) is 8.78 Å². The standard InChI is InChI=1S/C36H34F5N3O/c1-2-3-20-44-32(33(27-10-6-4-7-11-27)42-35(44)28-12-8-5-9-13-28)24-43(22-25-14-17-29(18-15-25)45-36(40)41)23-26-16-19-30(34(38)39)31(37)21-26/h4-19,21,34,36H,2-3,20,22-24H2,1H3. The summed E-state index contributed by atoms with van der Waals surface area (Å²) in [7, 11) is 0. The fourth-order valence-electron chi connectivity index (χ4n) is 5.36. The number of alkyl halides is 4. The molecule has 1 heterocycles. The van der Waals surface area contributed by atoms with Gasteiger partial charge in [-0.25, -0.2) is 18.2 Å². The summed E-state index contributed by atoms with van der Waals surface area (Å²) in [5.74, 6) is -0.0829. The molecule has 45 heavy (non-hydrogen) atoms. The van der Waals surface area contributed by atoms with Crippen molar-refractivity contribution in [3.05, 3.63) is 131 Å². The highest BCUT2D eigenvalue weighted by Gasteiger charge is 2.23. The van der Waals surface area contributed by atoms with E-state index in [1.165, 1.54) is 18.2 Å². The number of ether oxygens (including phenoxy) is 1. The highest BCUT2D eigenvalue weighted by Crippen LogP contribution is 2.32. The Balaban J connectivity index is 1.58. The van der Waals surface area contributed by atoms with Gasteiger partial charge in [0.15, 0.2) is 0 Å². The summed E-state index contributed by atoms with van der Waals surface area (Å²) in [6.45, 7) is 0.909. The molecule has 4 aromatic carbocycles. The molecule has 0 saturated heterocycles. The summed E-state index contributed by atoms with van der Waals surface area (Å²) >= 11 is 0. The van der Waals surface area contributed by atoms with Crippen molar-refractivity contribution >= 4 is 0 Å². The van der Waals surface area contributed by atoms with Gasteiger partial charge in [0, 0.05) is 37.3 Å². The minimum absolute atomic E-state index is 0.0430. The largest absolute Gasteiger partial charge is 0.435 e. The van der Waals surface area contributed by atoms with E-state index in [2.05, 4.69) is 21.1 Å². The number of halogens is 5. The minimum Gasteiger partial charge on any atom is -0.435 e. The van der Waals surface area contributed by atoms with Gasteiger partial charge in [-0.05, 0) is 35.7 Å². The number of hydrogen-bond acceptors (Lipinski definition) is 3. The molecular formula is C36H34F5N3O. The molecule has 0 aliphatic carbocycles. The zero-order valence-electron chi connectivity index (χ0n) is 24.9. The molecule has 9 heteroatoms. The highest BCUT2D eigenvalue weighted by atomic mass is 19.3. The average Bonchev–Trinajstić information content (AvgIpc) is 3.39. The van der Waals surface area contributed by atoms with Gasteiger partial charge in [0.1, 0.15) is 17.4 Å². The number of benzene rings is 4. The molecule has 0 fully saturated rings. The lowest BCUT2D eigenvalue weighted by Gasteiger charge is -2.25. The Labute approximate surface area is 259 Å². The summed E-state index contributed by atoms with van der Waals surface area (Å²) < 4.78 is 73.4.